The van der Waals surface area contributed by atoms with E-state index in [0.29, 0.717) is 0 Å². The molecule has 0 aromatic heterocycles. The molecule has 1 fully saturated rings. The van der Waals surface area contributed by atoms with Gasteiger partial charge in [-0.25, -0.2) is 4.39 Å². The second kappa shape index (κ2) is 3.09. The highest BCUT2D eigenvalue weighted by atomic mass is 32.2. The summed E-state index contributed by atoms with van der Waals surface area (Å²) in [6, 6.07) is 0.0475. The van der Waals surface area contributed by atoms with E-state index in [0.717, 1.165) is 18.1 Å². The van der Waals surface area contributed by atoms with Crippen molar-refractivity contribution >= 4 is 11.8 Å². The van der Waals surface area contributed by atoms with Crippen LogP contribution < -0.4 is 5.32 Å². The van der Waals surface area contributed by atoms with Crippen molar-refractivity contribution in [3.8, 4) is 0 Å². The topological polar surface area (TPSA) is 12.0 Å². The number of halogens is 1. The van der Waals surface area contributed by atoms with Crippen molar-refractivity contribution in [1.29, 1.82) is 0 Å². The van der Waals surface area contributed by atoms with Crippen LogP contribution in [-0.4, -0.2) is 29.8 Å². The number of alkyl halides is 1. The summed E-state index contributed by atoms with van der Waals surface area (Å²) in [5.74, 6) is 2.02. The summed E-state index contributed by atoms with van der Waals surface area (Å²) < 4.78 is 13.2. The summed E-state index contributed by atoms with van der Waals surface area (Å²) in [6.07, 6.45) is 0. The van der Waals surface area contributed by atoms with Crippen LogP contribution in [0.3, 0.4) is 0 Å². The van der Waals surface area contributed by atoms with Crippen LogP contribution in [0.15, 0.2) is 0 Å². The normalized spacial score (nSPS) is 28.5. The Morgan fingerprint density at radius 1 is 1.60 bits per heavy atom. The molecular weight excluding hydrogens is 149 g/mol. The van der Waals surface area contributed by atoms with Crippen LogP contribution in [0.5, 0.6) is 0 Å². The molecule has 0 bridgehead atoms. The third kappa shape index (κ3) is 2.13. The summed E-state index contributed by atoms with van der Waals surface area (Å²) in [5, 5.41) is 3.16. The summed E-state index contributed by atoms with van der Waals surface area (Å²) in [4.78, 5) is 0. The Kier molecular flexibility index (Phi) is 2.58. The van der Waals surface area contributed by atoms with Gasteiger partial charge >= 0.3 is 0 Å². The first-order chi connectivity index (χ1) is 4.61. The second-order valence-electron chi connectivity index (χ2n) is 3.15. The first-order valence-corrected chi connectivity index (χ1v) is 4.76. The molecule has 0 radical (unpaired) electrons. The van der Waals surface area contributed by atoms with Crippen molar-refractivity contribution in [2.45, 2.75) is 25.6 Å². The van der Waals surface area contributed by atoms with Crippen molar-refractivity contribution in [3.05, 3.63) is 0 Å². The lowest BCUT2D eigenvalue weighted by Gasteiger charge is -2.30. The summed E-state index contributed by atoms with van der Waals surface area (Å²) in [6.45, 7) is 4.22. The SMILES string of the molecule is CC(C)(F)C1CSCCN1. The zero-order valence-electron chi connectivity index (χ0n) is 6.48. The van der Waals surface area contributed by atoms with Gasteiger partial charge in [-0.15, -0.1) is 0 Å². The molecule has 1 nitrogen and oxygen atoms in total. The molecule has 1 atom stereocenters. The zero-order chi connectivity index (χ0) is 7.61. The predicted octanol–water partition coefficient (Wildman–Crippen LogP) is 1.44. The average Bonchev–Trinajstić information content (AvgIpc) is 1.88. The maximum atomic E-state index is 13.2. The molecule has 0 amide bonds. The first-order valence-electron chi connectivity index (χ1n) is 3.61. The van der Waals surface area contributed by atoms with Crippen LogP contribution >= 0.6 is 11.8 Å². The molecule has 1 unspecified atom stereocenters. The van der Waals surface area contributed by atoms with E-state index in [1.165, 1.54) is 0 Å². The minimum atomic E-state index is -1.06. The van der Waals surface area contributed by atoms with Gasteiger partial charge in [0.2, 0.25) is 0 Å². The van der Waals surface area contributed by atoms with Crippen molar-refractivity contribution in [3.63, 3.8) is 0 Å². The maximum Gasteiger partial charge on any atom is 0.121 e. The molecule has 1 saturated heterocycles. The van der Waals surface area contributed by atoms with Gasteiger partial charge in [0.15, 0.2) is 0 Å². The summed E-state index contributed by atoms with van der Waals surface area (Å²) in [7, 11) is 0. The van der Waals surface area contributed by atoms with Gasteiger partial charge in [-0.05, 0) is 13.8 Å². The maximum absolute atomic E-state index is 13.2. The van der Waals surface area contributed by atoms with Crippen LogP contribution in [0.1, 0.15) is 13.8 Å². The quantitative estimate of drug-likeness (QED) is 0.627. The Hall–Kier alpha value is 0.240. The summed E-state index contributed by atoms with van der Waals surface area (Å²) in [5.41, 5.74) is -1.06. The van der Waals surface area contributed by atoms with Gasteiger partial charge in [0.1, 0.15) is 5.67 Å². The average molecular weight is 163 g/mol. The fourth-order valence-electron chi connectivity index (χ4n) is 1.01. The Bertz CT molecular complexity index is 105. The minimum absolute atomic E-state index is 0.0475. The second-order valence-corrected chi connectivity index (χ2v) is 4.30. The van der Waals surface area contributed by atoms with Crippen molar-refractivity contribution in [1.82, 2.24) is 5.32 Å². The van der Waals surface area contributed by atoms with Gasteiger partial charge in [-0.1, -0.05) is 0 Å². The Morgan fingerprint density at radius 2 is 2.30 bits per heavy atom. The van der Waals surface area contributed by atoms with Gasteiger partial charge in [-0.3, -0.25) is 0 Å². The molecule has 0 aromatic carbocycles. The third-order valence-corrected chi connectivity index (χ3v) is 2.81. The van der Waals surface area contributed by atoms with E-state index in [4.69, 9.17) is 0 Å². The molecule has 0 aliphatic carbocycles. The van der Waals surface area contributed by atoms with Gasteiger partial charge in [-0.2, -0.15) is 11.8 Å². The molecule has 0 aromatic rings. The van der Waals surface area contributed by atoms with E-state index in [1.807, 2.05) is 11.8 Å². The van der Waals surface area contributed by atoms with Crippen LogP contribution in [0.2, 0.25) is 0 Å². The largest absolute Gasteiger partial charge is 0.309 e. The zero-order valence-corrected chi connectivity index (χ0v) is 7.30. The van der Waals surface area contributed by atoms with E-state index >= 15 is 0 Å². The molecule has 1 aliphatic heterocycles. The van der Waals surface area contributed by atoms with Crippen LogP contribution in [0.25, 0.3) is 0 Å². The fraction of sp³-hybridized carbons (Fsp3) is 1.00. The van der Waals surface area contributed by atoms with Gasteiger partial charge < -0.3 is 5.32 Å². The minimum Gasteiger partial charge on any atom is -0.309 e. The van der Waals surface area contributed by atoms with Crippen LogP contribution in [0.4, 0.5) is 4.39 Å². The lowest BCUT2D eigenvalue weighted by Crippen LogP contribution is -2.49. The lowest BCUT2D eigenvalue weighted by molar-refractivity contribution is 0.161. The molecule has 0 spiro atoms. The van der Waals surface area contributed by atoms with Crippen molar-refractivity contribution in [2.75, 3.05) is 18.1 Å². The number of thioether (sulfide) groups is 1. The highest BCUT2D eigenvalue weighted by Gasteiger charge is 2.29. The molecule has 10 heavy (non-hydrogen) atoms. The fourth-order valence-corrected chi connectivity index (χ4v) is 2.19. The van der Waals surface area contributed by atoms with Gasteiger partial charge in [0, 0.05) is 24.1 Å². The van der Waals surface area contributed by atoms with Crippen LogP contribution in [-0.2, 0) is 0 Å². The van der Waals surface area contributed by atoms with E-state index in [-0.39, 0.29) is 6.04 Å². The first kappa shape index (κ1) is 8.34. The Labute approximate surface area is 65.8 Å². The van der Waals surface area contributed by atoms with Crippen molar-refractivity contribution in [2.24, 2.45) is 0 Å². The van der Waals surface area contributed by atoms with E-state index < -0.39 is 5.67 Å². The highest BCUT2D eigenvalue weighted by Crippen LogP contribution is 2.20. The molecule has 3 heteroatoms. The number of hydrogen-bond acceptors (Lipinski definition) is 2. The van der Waals surface area contributed by atoms with E-state index in [9.17, 15) is 4.39 Å². The molecule has 60 valence electrons. The standard InChI is InChI=1S/C7H14FNS/c1-7(2,8)6-5-10-4-3-9-6/h6,9H,3-5H2,1-2H3. The smallest absolute Gasteiger partial charge is 0.121 e. The van der Waals surface area contributed by atoms with Crippen LogP contribution in [0, 0.1) is 0 Å². The predicted molar refractivity (Wildman–Crippen MR) is 44.3 cm³/mol. The molecular formula is C7H14FNS. The number of nitrogens with one attached hydrogen (secondary N) is 1. The molecule has 1 rings (SSSR count). The lowest BCUT2D eigenvalue weighted by atomic mass is 10.0. The number of rotatable bonds is 1. The molecule has 1 aliphatic rings. The Balaban J connectivity index is 2.39. The molecule has 0 saturated carbocycles. The van der Waals surface area contributed by atoms with E-state index in [2.05, 4.69) is 5.32 Å². The molecule has 1 heterocycles. The van der Waals surface area contributed by atoms with E-state index in [1.54, 1.807) is 13.8 Å². The highest BCUT2D eigenvalue weighted by molar-refractivity contribution is 7.99. The number of hydrogen-bond donors (Lipinski definition) is 1. The third-order valence-electron chi connectivity index (χ3n) is 1.75. The molecule has 1 N–H and O–H groups in total. The monoisotopic (exact) mass is 163 g/mol. The van der Waals surface area contributed by atoms with Gasteiger partial charge in [0.25, 0.3) is 0 Å². The Morgan fingerprint density at radius 3 is 2.60 bits per heavy atom. The van der Waals surface area contributed by atoms with Crippen molar-refractivity contribution < 1.29 is 4.39 Å². The summed E-state index contributed by atoms with van der Waals surface area (Å²) >= 11 is 1.83. The van der Waals surface area contributed by atoms with Gasteiger partial charge in [0.05, 0.1) is 0 Å².